The minimum atomic E-state index is -4.72. The normalized spacial score (nSPS) is 11.3. The van der Waals surface area contributed by atoms with Gasteiger partial charge in [0.1, 0.15) is 17.3 Å². The average Bonchev–Trinajstić information content (AvgIpc) is 3.09. The van der Waals surface area contributed by atoms with Crippen molar-refractivity contribution in [1.82, 2.24) is 14.8 Å². The first-order valence-corrected chi connectivity index (χ1v) is 7.96. The molecule has 146 valence electrons. The van der Waals surface area contributed by atoms with Gasteiger partial charge >= 0.3 is 6.18 Å². The number of carbonyl (C=O) groups is 2. The van der Waals surface area contributed by atoms with Crippen molar-refractivity contribution in [1.29, 1.82) is 0 Å². The molecule has 0 radical (unpaired) electrons. The highest BCUT2D eigenvalue weighted by atomic mass is 35.5. The molecule has 2 aromatic heterocycles. The summed E-state index contributed by atoms with van der Waals surface area (Å²) in [4.78, 5) is 36.8. The molecule has 0 atom stereocenters. The van der Waals surface area contributed by atoms with Gasteiger partial charge in [-0.05, 0) is 18.2 Å². The van der Waals surface area contributed by atoms with E-state index >= 15 is 0 Å². The first-order chi connectivity index (χ1) is 12.6. The van der Waals surface area contributed by atoms with Crippen LogP contribution in [0.2, 0.25) is 5.02 Å². The van der Waals surface area contributed by atoms with E-state index < -0.39 is 40.7 Å². The molecule has 0 saturated heterocycles. The Hall–Kier alpha value is -2.75. The molecule has 2 rings (SSSR count). The number of nitrogens with one attached hydrogen (secondary N) is 1. The minimum Gasteiger partial charge on any atom is -0.467 e. The summed E-state index contributed by atoms with van der Waals surface area (Å²) in [5, 5.41) is 1.86. The van der Waals surface area contributed by atoms with Crippen molar-refractivity contribution in [2.75, 3.05) is 13.6 Å². The van der Waals surface area contributed by atoms with Gasteiger partial charge in [0.15, 0.2) is 0 Å². The predicted molar refractivity (Wildman–Crippen MR) is 88.9 cm³/mol. The van der Waals surface area contributed by atoms with Crippen molar-refractivity contribution in [2.24, 2.45) is 0 Å². The van der Waals surface area contributed by atoms with Crippen LogP contribution in [0.25, 0.3) is 0 Å². The molecule has 0 aliphatic carbocycles. The standard InChI is InChI=1S/C16H15ClF3N3O4/c1-22(8-13(24)21-6-11-3-2-4-27-11)14(25)9-23-7-10(16(18,19)20)5-12(17)15(23)26/h2-5,7H,6,8-9H2,1H3,(H,21,24). The molecule has 0 fully saturated rings. The van der Waals surface area contributed by atoms with E-state index in [2.05, 4.69) is 5.32 Å². The van der Waals surface area contributed by atoms with Crippen LogP contribution in [0, 0.1) is 0 Å². The number of likely N-dealkylation sites (N-methyl/N-ethyl adjacent to an activating group) is 1. The monoisotopic (exact) mass is 405 g/mol. The van der Waals surface area contributed by atoms with Gasteiger partial charge < -0.3 is 19.2 Å². The number of nitrogens with zero attached hydrogens (tertiary/aromatic N) is 2. The predicted octanol–water partition coefficient (Wildman–Crippen LogP) is 1.89. The largest absolute Gasteiger partial charge is 0.467 e. The zero-order valence-corrected chi connectivity index (χ0v) is 14.8. The van der Waals surface area contributed by atoms with Crippen molar-refractivity contribution >= 4 is 23.4 Å². The molecule has 0 aromatic carbocycles. The van der Waals surface area contributed by atoms with Crippen LogP contribution in [0.5, 0.6) is 0 Å². The first-order valence-electron chi connectivity index (χ1n) is 7.58. The van der Waals surface area contributed by atoms with E-state index in [1.54, 1.807) is 12.1 Å². The molecule has 0 unspecified atom stereocenters. The number of furan rings is 1. The molecular weight excluding hydrogens is 391 g/mol. The molecule has 0 bridgehead atoms. The molecule has 0 saturated carbocycles. The number of pyridine rings is 1. The van der Waals surface area contributed by atoms with Crippen LogP contribution in [0.1, 0.15) is 11.3 Å². The van der Waals surface area contributed by atoms with Crippen molar-refractivity contribution in [3.63, 3.8) is 0 Å². The number of rotatable bonds is 6. The van der Waals surface area contributed by atoms with Crippen LogP contribution in [-0.4, -0.2) is 34.9 Å². The van der Waals surface area contributed by atoms with Crippen LogP contribution in [0.15, 0.2) is 39.9 Å². The Morgan fingerprint density at radius 3 is 2.67 bits per heavy atom. The summed E-state index contributed by atoms with van der Waals surface area (Å²) < 4.78 is 44.1. The van der Waals surface area contributed by atoms with Crippen LogP contribution in [-0.2, 0) is 28.9 Å². The van der Waals surface area contributed by atoms with E-state index in [-0.39, 0.29) is 13.1 Å². The fourth-order valence-corrected chi connectivity index (χ4v) is 2.32. The van der Waals surface area contributed by atoms with Gasteiger partial charge in [0, 0.05) is 13.2 Å². The van der Waals surface area contributed by atoms with Gasteiger partial charge in [-0.1, -0.05) is 11.6 Å². The van der Waals surface area contributed by atoms with Crippen molar-refractivity contribution < 1.29 is 27.2 Å². The Kier molecular flexibility index (Phi) is 6.32. The second-order valence-electron chi connectivity index (χ2n) is 5.61. The molecule has 2 amide bonds. The molecule has 0 aliphatic heterocycles. The van der Waals surface area contributed by atoms with E-state index in [4.69, 9.17) is 16.0 Å². The fourth-order valence-electron chi connectivity index (χ4n) is 2.10. The number of alkyl halides is 3. The first kappa shape index (κ1) is 20.6. The minimum absolute atomic E-state index is 0.122. The number of hydrogen-bond donors (Lipinski definition) is 1. The van der Waals surface area contributed by atoms with Gasteiger partial charge in [0.05, 0.1) is 24.9 Å². The molecule has 7 nitrogen and oxygen atoms in total. The van der Waals surface area contributed by atoms with Crippen LogP contribution >= 0.6 is 11.6 Å². The average molecular weight is 406 g/mol. The molecule has 0 spiro atoms. The summed E-state index contributed by atoms with van der Waals surface area (Å²) in [6.07, 6.45) is -2.77. The number of aromatic nitrogens is 1. The zero-order valence-electron chi connectivity index (χ0n) is 14.0. The summed E-state index contributed by atoms with van der Waals surface area (Å²) in [5.41, 5.74) is -2.09. The van der Waals surface area contributed by atoms with Crippen LogP contribution < -0.4 is 10.9 Å². The van der Waals surface area contributed by atoms with E-state index in [1.807, 2.05) is 0 Å². The molecule has 11 heteroatoms. The molecule has 2 aromatic rings. The van der Waals surface area contributed by atoms with Gasteiger partial charge in [-0.25, -0.2) is 0 Å². The lowest BCUT2D eigenvalue weighted by Gasteiger charge is -2.18. The Labute approximate surface area is 156 Å². The van der Waals surface area contributed by atoms with Gasteiger partial charge in [-0.3, -0.25) is 14.4 Å². The summed E-state index contributed by atoms with van der Waals surface area (Å²) in [7, 11) is 1.29. The van der Waals surface area contributed by atoms with Crippen molar-refractivity contribution in [3.05, 3.63) is 57.4 Å². The van der Waals surface area contributed by atoms with E-state index in [0.717, 1.165) is 4.90 Å². The van der Waals surface area contributed by atoms with Gasteiger partial charge in [-0.15, -0.1) is 0 Å². The van der Waals surface area contributed by atoms with Gasteiger partial charge in [-0.2, -0.15) is 13.2 Å². The smallest absolute Gasteiger partial charge is 0.417 e. The summed E-state index contributed by atoms with van der Waals surface area (Å²) in [6.45, 7) is -0.915. The second-order valence-corrected chi connectivity index (χ2v) is 6.02. The summed E-state index contributed by atoms with van der Waals surface area (Å²) in [6, 6.07) is 3.80. The Bertz CT molecular complexity index is 878. The van der Waals surface area contributed by atoms with E-state index in [9.17, 15) is 27.6 Å². The lowest BCUT2D eigenvalue weighted by Crippen LogP contribution is -2.40. The number of halogens is 4. The Morgan fingerprint density at radius 2 is 2.07 bits per heavy atom. The highest BCUT2D eigenvalue weighted by Gasteiger charge is 2.32. The lowest BCUT2D eigenvalue weighted by molar-refractivity contribution is -0.138. The fraction of sp³-hybridized carbons (Fsp3) is 0.312. The third kappa shape index (κ3) is 5.61. The SMILES string of the molecule is CN(CC(=O)NCc1ccco1)C(=O)Cn1cc(C(F)(F)F)cc(Cl)c1=O. The van der Waals surface area contributed by atoms with Crippen LogP contribution in [0.4, 0.5) is 13.2 Å². The molecule has 0 aliphatic rings. The van der Waals surface area contributed by atoms with Crippen LogP contribution in [0.3, 0.4) is 0 Å². The maximum absolute atomic E-state index is 12.8. The highest BCUT2D eigenvalue weighted by Crippen LogP contribution is 2.29. The third-order valence-corrected chi connectivity index (χ3v) is 3.79. The summed E-state index contributed by atoms with van der Waals surface area (Å²) in [5.74, 6) is -0.722. The third-order valence-electron chi connectivity index (χ3n) is 3.52. The molecular formula is C16H15ClF3N3O4. The van der Waals surface area contributed by atoms with Crippen molar-refractivity contribution in [2.45, 2.75) is 19.3 Å². The number of hydrogen-bond acceptors (Lipinski definition) is 4. The van der Waals surface area contributed by atoms with Gasteiger partial charge in [0.25, 0.3) is 5.56 Å². The molecule has 2 heterocycles. The second kappa shape index (κ2) is 8.30. The van der Waals surface area contributed by atoms with E-state index in [1.165, 1.54) is 13.3 Å². The highest BCUT2D eigenvalue weighted by molar-refractivity contribution is 6.30. The quantitative estimate of drug-likeness (QED) is 0.795. The zero-order chi connectivity index (χ0) is 20.2. The van der Waals surface area contributed by atoms with Crippen molar-refractivity contribution in [3.8, 4) is 0 Å². The Balaban J connectivity index is 2.00. The Morgan fingerprint density at radius 1 is 1.37 bits per heavy atom. The number of amides is 2. The van der Waals surface area contributed by atoms with E-state index in [0.29, 0.717) is 22.6 Å². The van der Waals surface area contributed by atoms with Gasteiger partial charge in [0.2, 0.25) is 11.8 Å². The maximum atomic E-state index is 12.8. The number of carbonyl (C=O) groups excluding carboxylic acids is 2. The maximum Gasteiger partial charge on any atom is 0.417 e. The lowest BCUT2D eigenvalue weighted by atomic mass is 10.2. The molecule has 27 heavy (non-hydrogen) atoms. The molecule has 1 N–H and O–H groups in total. The summed E-state index contributed by atoms with van der Waals surface area (Å²) >= 11 is 5.53. The topological polar surface area (TPSA) is 84.6 Å².